The molecule has 1 aliphatic rings. The van der Waals surface area contributed by atoms with E-state index in [1.165, 1.54) is 6.42 Å². The van der Waals surface area contributed by atoms with Gasteiger partial charge in [0, 0.05) is 31.6 Å². The molecule has 0 bridgehead atoms. The monoisotopic (exact) mass is 289 g/mol. The van der Waals surface area contributed by atoms with Gasteiger partial charge in [-0.25, -0.2) is 0 Å². The number of amides is 1. The molecule has 0 spiro atoms. The van der Waals surface area contributed by atoms with Gasteiger partial charge >= 0.3 is 0 Å². The first-order valence-corrected chi connectivity index (χ1v) is 7.87. The standard InChI is InChI=1S/C17H27N3O/c1-13(2)20-9-8-14(12-20)11-19-17(21)10-16(18)15-6-4-3-5-7-15/h3-7,13-14,16H,8-12,18H2,1-2H3,(H,19,21). The molecular formula is C17H27N3O. The van der Waals surface area contributed by atoms with Crippen molar-refractivity contribution in [2.75, 3.05) is 19.6 Å². The number of carbonyl (C=O) groups excluding carboxylic acids is 1. The second-order valence-corrected chi connectivity index (χ2v) is 6.27. The van der Waals surface area contributed by atoms with Gasteiger partial charge in [-0.05, 0) is 38.3 Å². The second kappa shape index (κ2) is 7.57. The Morgan fingerprint density at radius 2 is 2.10 bits per heavy atom. The van der Waals surface area contributed by atoms with Crippen molar-refractivity contribution in [1.82, 2.24) is 10.2 Å². The van der Waals surface area contributed by atoms with Gasteiger partial charge in [0.05, 0.1) is 0 Å². The number of benzene rings is 1. The van der Waals surface area contributed by atoms with Gasteiger partial charge in [0.2, 0.25) is 5.91 Å². The van der Waals surface area contributed by atoms with Crippen LogP contribution in [-0.2, 0) is 4.79 Å². The molecule has 1 saturated heterocycles. The van der Waals surface area contributed by atoms with Crippen molar-refractivity contribution >= 4 is 5.91 Å². The summed E-state index contributed by atoms with van der Waals surface area (Å²) in [5.41, 5.74) is 7.09. The summed E-state index contributed by atoms with van der Waals surface area (Å²) in [5.74, 6) is 0.624. The number of hydrogen-bond donors (Lipinski definition) is 2. The van der Waals surface area contributed by atoms with Crippen LogP contribution in [0.3, 0.4) is 0 Å². The lowest BCUT2D eigenvalue weighted by molar-refractivity contribution is -0.121. The van der Waals surface area contributed by atoms with Crippen molar-refractivity contribution in [2.45, 2.75) is 38.8 Å². The van der Waals surface area contributed by atoms with Crippen molar-refractivity contribution < 1.29 is 4.79 Å². The van der Waals surface area contributed by atoms with Crippen molar-refractivity contribution in [3.05, 3.63) is 35.9 Å². The van der Waals surface area contributed by atoms with Crippen LogP contribution in [0.4, 0.5) is 0 Å². The number of carbonyl (C=O) groups is 1. The van der Waals surface area contributed by atoms with Crippen LogP contribution in [0.15, 0.2) is 30.3 Å². The van der Waals surface area contributed by atoms with Gasteiger partial charge in [-0.15, -0.1) is 0 Å². The molecule has 21 heavy (non-hydrogen) atoms. The molecule has 0 saturated carbocycles. The lowest BCUT2D eigenvalue weighted by Gasteiger charge is -2.20. The highest BCUT2D eigenvalue weighted by Gasteiger charge is 2.24. The maximum Gasteiger partial charge on any atom is 0.221 e. The third-order valence-corrected chi connectivity index (χ3v) is 4.27. The number of rotatable bonds is 6. The Morgan fingerprint density at radius 3 is 2.71 bits per heavy atom. The quantitative estimate of drug-likeness (QED) is 0.841. The highest BCUT2D eigenvalue weighted by atomic mass is 16.1. The van der Waals surface area contributed by atoms with Crippen LogP contribution in [0, 0.1) is 5.92 Å². The molecule has 1 heterocycles. The van der Waals surface area contributed by atoms with E-state index in [0.717, 1.165) is 25.2 Å². The molecule has 3 N–H and O–H groups in total. The van der Waals surface area contributed by atoms with Crippen molar-refractivity contribution in [3.63, 3.8) is 0 Å². The van der Waals surface area contributed by atoms with Gasteiger partial charge in [0.15, 0.2) is 0 Å². The van der Waals surface area contributed by atoms with E-state index in [0.29, 0.717) is 18.4 Å². The topological polar surface area (TPSA) is 58.4 Å². The van der Waals surface area contributed by atoms with Crippen LogP contribution in [0.25, 0.3) is 0 Å². The first kappa shape index (κ1) is 16.0. The Morgan fingerprint density at radius 1 is 1.38 bits per heavy atom. The molecule has 116 valence electrons. The largest absolute Gasteiger partial charge is 0.356 e. The smallest absolute Gasteiger partial charge is 0.221 e. The maximum absolute atomic E-state index is 12.0. The Kier molecular flexibility index (Phi) is 5.76. The van der Waals surface area contributed by atoms with Crippen molar-refractivity contribution in [2.24, 2.45) is 11.7 Å². The van der Waals surface area contributed by atoms with Crippen LogP contribution < -0.4 is 11.1 Å². The maximum atomic E-state index is 12.0. The number of nitrogens with two attached hydrogens (primary N) is 1. The lowest BCUT2D eigenvalue weighted by Crippen LogP contribution is -2.34. The summed E-state index contributed by atoms with van der Waals surface area (Å²) >= 11 is 0. The van der Waals surface area contributed by atoms with Crippen LogP contribution in [-0.4, -0.2) is 36.5 Å². The lowest BCUT2D eigenvalue weighted by atomic mass is 10.0. The van der Waals surface area contributed by atoms with Crippen LogP contribution in [0.2, 0.25) is 0 Å². The number of nitrogens with one attached hydrogen (secondary N) is 1. The van der Waals surface area contributed by atoms with Gasteiger partial charge < -0.3 is 16.0 Å². The van der Waals surface area contributed by atoms with E-state index >= 15 is 0 Å². The van der Waals surface area contributed by atoms with E-state index in [9.17, 15) is 4.79 Å². The minimum Gasteiger partial charge on any atom is -0.356 e. The molecule has 1 amide bonds. The number of hydrogen-bond acceptors (Lipinski definition) is 3. The van der Waals surface area contributed by atoms with Gasteiger partial charge in [-0.3, -0.25) is 4.79 Å². The van der Waals surface area contributed by atoms with Crippen LogP contribution >= 0.6 is 0 Å². The fourth-order valence-electron chi connectivity index (χ4n) is 2.85. The van der Waals surface area contributed by atoms with E-state index in [1.54, 1.807) is 0 Å². The third kappa shape index (κ3) is 4.83. The average Bonchev–Trinajstić information content (AvgIpc) is 2.95. The first-order chi connectivity index (χ1) is 10.1. The molecule has 1 aromatic carbocycles. The summed E-state index contributed by atoms with van der Waals surface area (Å²) < 4.78 is 0. The average molecular weight is 289 g/mol. The predicted octanol–water partition coefficient (Wildman–Crippen LogP) is 1.92. The Balaban J connectivity index is 1.71. The summed E-state index contributed by atoms with van der Waals surface area (Å²) in [7, 11) is 0. The number of likely N-dealkylation sites (tertiary alicyclic amines) is 1. The highest BCUT2D eigenvalue weighted by molar-refractivity contribution is 5.76. The summed E-state index contributed by atoms with van der Waals surface area (Å²) in [5, 5.41) is 3.04. The molecule has 0 radical (unpaired) electrons. The zero-order valence-corrected chi connectivity index (χ0v) is 13.1. The van der Waals surface area contributed by atoms with Gasteiger partial charge in [-0.2, -0.15) is 0 Å². The van der Waals surface area contributed by atoms with Crippen LogP contribution in [0.5, 0.6) is 0 Å². The van der Waals surface area contributed by atoms with Crippen molar-refractivity contribution in [1.29, 1.82) is 0 Å². The van der Waals surface area contributed by atoms with E-state index in [-0.39, 0.29) is 11.9 Å². The summed E-state index contributed by atoms with van der Waals surface area (Å²) in [6.45, 7) is 7.44. The van der Waals surface area contributed by atoms with E-state index in [4.69, 9.17) is 5.73 Å². The molecule has 4 nitrogen and oxygen atoms in total. The normalized spacial score (nSPS) is 20.7. The minimum atomic E-state index is -0.220. The Hall–Kier alpha value is -1.39. The SMILES string of the molecule is CC(C)N1CCC(CNC(=O)CC(N)c2ccccc2)C1. The molecule has 1 aromatic rings. The molecule has 1 aliphatic heterocycles. The molecule has 2 rings (SSSR count). The predicted molar refractivity (Wildman–Crippen MR) is 85.8 cm³/mol. The molecule has 2 unspecified atom stereocenters. The molecule has 0 aromatic heterocycles. The van der Waals surface area contributed by atoms with Gasteiger partial charge in [-0.1, -0.05) is 30.3 Å². The fraction of sp³-hybridized carbons (Fsp3) is 0.588. The summed E-state index contributed by atoms with van der Waals surface area (Å²) in [6, 6.07) is 10.2. The van der Waals surface area contributed by atoms with E-state index in [2.05, 4.69) is 24.1 Å². The Bertz CT molecular complexity index is 447. The first-order valence-electron chi connectivity index (χ1n) is 7.87. The minimum absolute atomic E-state index is 0.0503. The van der Waals surface area contributed by atoms with E-state index < -0.39 is 0 Å². The Labute approximate surface area is 127 Å². The molecule has 4 heteroatoms. The molecular weight excluding hydrogens is 262 g/mol. The highest BCUT2D eigenvalue weighted by Crippen LogP contribution is 2.18. The third-order valence-electron chi connectivity index (χ3n) is 4.27. The molecule has 1 fully saturated rings. The van der Waals surface area contributed by atoms with Crippen LogP contribution in [0.1, 0.15) is 38.3 Å². The summed E-state index contributed by atoms with van der Waals surface area (Å²) in [4.78, 5) is 14.5. The zero-order valence-electron chi connectivity index (χ0n) is 13.1. The van der Waals surface area contributed by atoms with Gasteiger partial charge in [0.1, 0.15) is 0 Å². The molecule has 0 aliphatic carbocycles. The number of nitrogens with zero attached hydrogens (tertiary/aromatic N) is 1. The van der Waals surface area contributed by atoms with Gasteiger partial charge in [0.25, 0.3) is 0 Å². The summed E-state index contributed by atoms with van der Waals surface area (Å²) in [6.07, 6.45) is 1.52. The molecule has 2 atom stereocenters. The second-order valence-electron chi connectivity index (χ2n) is 6.27. The van der Waals surface area contributed by atoms with E-state index in [1.807, 2.05) is 30.3 Å². The van der Waals surface area contributed by atoms with Crippen molar-refractivity contribution in [3.8, 4) is 0 Å². The fourth-order valence-corrected chi connectivity index (χ4v) is 2.85. The zero-order chi connectivity index (χ0) is 15.2.